The molecule has 86 valence electrons. The van der Waals surface area contributed by atoms with Gasteiger partial charge in [0.05, 0.1) is 19.0 Å². The van der Waals surface area contributed by atoms with E-state index in [2.05, 4.69) is 10.5 Å². The number of para-hydroxylation sites is 1. The van der Waals surface area contributed by atoms with Crippen molar-refractivity contribution in [2.24, 2.45) is 5.10 Å². The minimum absolute atomic E-state index is 0.846. The Morgan fingerprint density at radius 1 is 1.00 bits per heavy atom. The molecule has 0 saturated heterocycles. The first kappa shape index (κ1) is 11.2. The van der Waals surface area contributed by atoms with E-state index in [4.69, 9.17) is 4.74 Å². The molecular formula is C14H14N2O. The molecule has 3 heteroatoms. The van der Waals surface area contributed by atoms with Gasteiger partial charge in [0.25, 0.3) is 0 Å². The highest BCUT2D eigenvalue weighted by molar-refractivity contribution is 5.80. The second-order valence-electron chi connectivity index (χ2n) is 3.51. The van der Waals surface area contributed by atoms with Crippen LogP contribution >= 0.6 is 0 Å². The standard InChI is InChI=1S/C14H14N2O/c1-17-14-9-7-12(8-10-14)11-15-16-13-5-3-2-4-6-13/h2-11,16H,1H3. The molecule has 3 nitrogen and oxygen atoms in total. The highest BCUT2D eigenvalue weighted by Crippen LogP contribution is 2.10. The number of hydrazone groups is 1. The van der Waals surface area contributed by atoms with Crippen molar-refractivity contribution in [2.45, 2.75) is 0 Å². The number of nitrogens with one attached hydrogen (secondary N) is 1. The molecule has 0 saturated carbocycles. The zero-order valence-electron chi connectivity index (χ0n) is 9.63. The summed E-state index contributed by atoms with van der Waals surface area (Å²) in [5.41, 5.74) is 4.95. The topological polar surface area (TPSA) is 33.6 Å². The molecular weight excluding hydrogens is 212 g/mol. The van der Waals surface area contributed by atoms with Gasteiger partial charge in [-0.2, -0.15) is 5.10 Å². The molecule has 0 fully saturated rings. The van der Waals surface area contributed by atoms with Crippen LogP contribution in [0.2, 0.25) is 0 Å². The molecule has 0 bridgehead atoms. The van der Waals surface area contributed by atoms with Crippen LogP contribution in [0.4, 0.5) is 5.69 Å². The number of rotatable bonds is 4. The zero-order chi connectivity index (χ0) is 11.9. The molecule has 0 radical (unpaired) electrons. The molecule has 17 heavy (non-hydrogen) atoms. The summed E-state index contributed by atoms with van der Waals surface area (Å²) < 4.78 is 5.08. The highest BCUT2D eigenvalue weighted by atomic mass is 16.5. The van der Waals surface area contributed by atoms with Crippen LogP contribution < -0.4 is 10.2 Å². The Morgan fingerprint density at radius 2 is 1.71 bits per heavy atom. The molecule has 0 heterocycles. The van der Waals surface area contributed by atoms with Gasteiger partial charge in [0, 0.05) is 0 Å². The average molecular weight is 226 g/mol. The summed E-state index contributed by atoms with van der Waals surface area (Å²) in [5.74, 6) is 0.846. The lowest BCUT2D eigenvalue weighted by Gasteiger charge is -2.00. The average Bonchev–Trinajstić information content (AvgIpc) is 2.41. The fourth-order valence-electron chi connectivity index (χ4n) is 1.38. The minimum atomic E-state index is 0.846. The SMILES string of the molecule is COc1ccc(C=NNc2ccccc2)cc1. The third kappa shape index (κ3) is 3.34. The Kier molecular flexibility index (Phi) is 3.76. The van der Waals surface area contributed by atoms with E-state index in [1.165, 1.54) is 0 Å². The monoisotopic (exact) mass is 226 g/mol. The van der Waals surface area contributed by atoms with Gasteiger partial charge >= 0.3 is 0 Å². The molecule has 0 atom stereocenters. The van der Waals surface area contributed by atoms with E-state index in [-0.39, 0.29) is 0 Å². The molecule has 2 aromatic rings. The molecule has 0 amide bonds. The summed E-state index contributed by atoms with van der Waals surface area (Å²) in [5, 5.41) is 4.15. The van der Waals surface area contributed by atoms with E-state index in [0.29, 0.717) is 0 Å². The Morgan fingerprint density at radius 3 is 2.35 bits per heavy atom. The maximum atomic E-state index is 5.08. The molecule has 0 unspecified atom stereocenters. The first-order chi connectivity index (χ1) is 8.38. The summed E-state index contributed by atoms with van der Waals surface area (Å²) in [6.07, 6.45) is 1.77. The predicted octanol–water partition coefficient (Wildman–Crippen LogP) is 3.14. The number of benzene rings is 2. The molecule has 2 aromatic carbocycles. The van der Waals surface area contributed by atoms with E-state index in [0.717, 1.165) is 17.0 Å². The third-order valence-corrected chi connectivity index (χ3v) is 2.30. The van der Waals surface area contributed by atoms with E-state index in [1.807, 2.05) is 54.6 Å². The molecule has 0 aliphatic carbocycles. The summed E-state index contributed by atoms with van der Waals surface area (Å²) in [6, 6.07) is 17.5. The van der Waals surface area contributed by atoms with Crippen LogP contribution in [-0.4, -0.2) is 13.3 Å². The zero-order valence-corrected chi connectivity index (χ0v) is 9.63. The normalized spacial score (nSPS) is 10.4. The molecule has 0 aliphatic heterocycles. The van der Waals surface area contributed by atoms with Crippen molar-refractivity contribution in [1.82, 2.24) is 0 Å². The van der Waals surface area contributed by atoms with Gasteiger partial charge in [-0.1, -0.05) is 18.2 Å². The van der Waals surface area contributed by atoms with Gasteiger partial charge in [-0.25, -0.2) is 0 Å². The van der Waals surface area contributed by atoms with Crippen molar-refractivity contribution < 1.29 is 4.74 Å². The summed E-state index contributed by atoms with van der Waals surface area (Å²) in [6.45, 7) is 0. The largest absolute Gasteiger partial charge is 0.497 e. The van der Waals surface area contributed by atoms with Crippen LogP contribution in [0.15, 0.2) is 59.7 Å². The Balaban J connectivity index is 1.96. The van der Waals surface area contributed by atoms with Gasteiger partial charge in [0.1, 0.15) is 5.75 Å². The Bertz CT molecular complexity index is 477. The van der Waals surface area contributed by atoms with Crippen molar-refractivity contribution in [1.29, 1.82) is 0 Å². The number of methoxy groups -OCH3 is 1. The molecule has 0 aromatic heterocycles. The van der Waals surface area contributed by atoms with Gasteiger partial charge in [0.2, 0.25) is 0 Å². The van der Waals surface area contributed by atoms with Crippen LogP contribution in [0.1, 0.15) is 5.56 Å². The summed E-state index contributed by atoms with van der Waals surface area (Å²) in [4.78, 5) is 0. The first-order valence-corrected chi connectivity index (χ1v) is 5.36. The maximum Gasteiger partial charge on any atom is 0.118 e. The number of nitrogens with zero attached hydrogens (tertiary/aromatic N) is 1. The predicted molar refractivity (Wildman–Crippen MR) is 70.7 cm³/mol. The second kappa shape index (κ2) is 5.70. The number of hydrogen-bond donors (Lipinski definition) is 1. The fourth-order valence-corrected chi connectivity index (χ4v) is 1.38. The maximum absolute atomic E-state index is 5.08. The van der Waals surface area contributed by atoms with Crippen molar-refractivity contribution in [3.8, 4) is 5.75 Å². The highest BCUT2D eigenvalue weighted by Gasteiger charge is 1.90. The number of ether oxygens (including phenoxy) is 1. The summed E-state index contributed by atoms with van der Waals surface area (Å²) in [7, 11) is 1.65. The van der Waals surface area contributed by atoms with Crippen LogP contribution in [0, 0.1) is 0 Å². The van der Waals surface area contributed by atoms with E-state index in [9.17, 15) is 0 Å². The molecule has 0 spiro atoms. The molecule has 1 N–H and O–H groups in total. The van der Waals surface area contributed by atoms with Gasteiger partial charge < -0.3 is 4.74 Å². The first-order valence-electron chi connectivity index (χ1n) is 5.36. The lowest BCUT2D eigenvalue weighted by molar-refractivity contribution is 0.415. The van der Waals surface area contributed by atoms with Gasteiger partial charge in [-0.05, 0) is 42.0 Å². The second-order valence-corrected chi connectivity index (χ2v) is 3.51. The van der Waals surface area contributed by atoms with Crippen LogP contribution in [0.5, 0.6) is 5.75 Å². The lowest BCUT2D eigenvalue weighted by atomic mass is 10.2. The quantitative estimate of drug-likeness (QED) is 0.642. The van der Waals surface area contributed by atoms with E-state index in [1.54, 1.807) is 13.3 Å². The Labute approximate surface area is 101 Å². The fraction of sp³-hybridized carbons (Fsp3) is 0.0714. The van der Waals surface area contributed by atoms with Gasteiger partial charge in [0.15, 0.2) is 0 Å². The van der Waals surface area contributed by atoms with Gasteiger partial charge in [-0.3, -0.25) is 5.43 Å². The van der Waals surface area contributed by atoms with Crippen molar-refractivity contribution in [3.05, 3.63) is 60.2 Å². The van der Waals surface area contributed by atoms with Gasteiger partial charge in [-0.15, -0.1) is 0 Å². The lowest BCUT2D eigenvalue weighted by Crippen LogP contribution is -1.90. The van der Waals surface area contributed by atoms with Crippen molar-refractivity contribution in [3.63, 3.8) is 0 Å². The van der Waals surface area contributed by atoms with Crippen LogP contribution in [0.25, 0.3) is 0 Å². The molecule has 2 rings (SSSR count). The van der Waals surface area contributed by atoms with Crippen molar-refractivity contribution in [2.75, 3.05) is 12.5 Å². The Hall–Kier alpha value is -2.29. The molecule has 0 aliphatic rings. The van der Waals surface area contributed by atoms with Crippen LogP contribution in [-0.2, 0) is 0 Å². The third-order valence-electron chi connectivity index (χ3n) is 2.30. The van der Waals surface area contributed by atoms with Crippen molar-refractivity contribution >= 4 is 11.9 Å². The van der Waals surface area contributed by atoms with E-state index >= 15 is 0 Å². The minimum Gasteiger partial charge on any atom is -0.497 e. The van der Waals surface area contributed by atoms with E-state index < -0.39 is 0 Å². The summed E-state index contributed by atoms with van der Waals surface area (Å²) >= 11 is 0. The van der Waals surface area contributed by atoms with Crippen LogP contribution in [0.3, 0.4) is 0 Å². The number of anilines is 1. The smallest absolute Gasteiger partial charge is 0.118 e. The number of hydrogen-bond acceptors (Lipinski definition) is 3.